The van der Waals surface area contributed by atoms with Gasteiger partial charge in [0.15, 0.2) is 0 Å². The number of rotatable bonds is 5. The van der Waals surface area contributed by atoms with Crippen LogP contribution >= 0.6 is 0 Å². The molecule has 0 saturated carbocycles. The Hall–Kier alpha value is -0.0800. The zero-order valence-electron chi connectivity index (χ0n) is 6.22. The molecule has 2 heteroatoms. The summed E-state index contributed by atoms with van der Waals surface area (Å²) in [5.41, 5.74) is 0. The van der Waals surface area contributed by atoms with E-state index in [1.807, 2.05) is 13.8 Å². The highest BCUT2D eigenvalue weighted by Crippen LogP contribution is 2.01. The summed E-state index contributed by atoms with van der Waals surface area (Å²) in [6, 6.07) is 0. The van der Waals surface area contributed by atoms with Crippen LogP contribution in [0.25, 0.3) is 0 Å². The van der Waals surface area contributed by atoms with E-state index in [-0.39, 0.29) is 12.7 Å². The highest BCUT2D eigenvalue weighted by molar-refractivity contribution is 4.52. The van der Waals surface area contributed by atoms with Gasteiger partial charge in [0.05, 0.1) is 12.7 Å². The lowest BCUT2D eigenvalue weighted by atomic mass is 10.2. The van der Waals surface area contributed by atoms with E-state index in [1.165, 1.54) is 0 Å². The molecule has 0 fully saturated rings. The molecular weight excluding hydrogens is 116 g/mol. The van der Waals surface area contributed by atoms with Crippen molar-refractivity contribution in [1.29, 1.82) is 0 Å². The fourth-order valence-electron chi connectivity index (χ4n) is 0.772. The van der Waals surface area contributed by atoms with Crippen molar-refractivity contribution in [2.75, 3.05) is 13.2 Å². The lowest BCUT2D eigenvalue weighted by Crippen LogP contribution is -2.12. The Morgan fingerprint density at radius 2 is 2.11 bits per heavy atom. The molecule has 0 aliphatic heterocycles. The van der Waals surface area contributed by atoms with E-state index >= 15 is 0 Å². The van der Waals surface area contributed by atoms with Crippen LogP contribution in [0.1, 0.15) is 26.7 Å². The molecule has 1 atom stereocenters. The van der Waals surface area contributed by atoms with Gasteiger partial charge in [-0.05, 0) is 13.3 Å². The third kappa shape index (κ3) is 4.43. The van der Waals surface area contributed by atoms with Crippen molar-refractivity contribution in [2.24, 2.45) is 0 Å². The second-order valence-corrected chi connectivity index (χ2v) is 1.98. The molecule has 0 heterocycles. The Bertz CT molecular complexity index is 48.9. The SMILES string of the molecule is CCOC(CC)CC[O]. The van der Waals surface area contributed by atoms with Gasteiger partial charge >= 0.3 is 0 Å². The van der Waals surface area contributed by atoms with Crippen molar-refractivity contribution >= 4 is 0 Å². The predicted octanol–water partition coefficient (Wildman–Crippen LogP) is 1.62. The highest BCUT2D eigenvalue weighted by atomic mass is 16.5. The average Bonchev–Trinajstić information content (AvgIpc) is 1.88. The Morgan fingerprint density at radius 1 is 1.44 bits per heavy atom. The molecule has 0 aliphatic carbocycles. The van der Waals surface area contributed by atoms with Crippen molar-refractivity contribution in [3.63, 3.8) is 0 Å². The molecular formula is C7H15O2. The Labute approximate surface area is 56.8 Å². The summed E-state index contributed by atoms with van der Waals surface area (Å²) in [5.74, 6) is 0. The van der Waals surface area contributed by atoms with Gasteiger partial charge in [0.25, 0.3) is 0 Å². The highest BCUT2D eigenvalue weighted by Gasteiger charge is 2.02. The summed E-state index contributed by atoms with van der Waals surface area (Å²) < 4.78 is 5.23. The number of hydrogen-bond donors (Lipinski definition) is 0. The summed E-state index contributed by atoms with van der Waals surface area (Å²) >= 11 is 0. The maximum atomic E-state index is 10.1. The van der Waals surface area contributed by atoms with Gasteiger partial charge in [-0.2, -0.15) is 0 Å². The van der Waals surface area contributed by atoms with E-state index in [0.29, 0.717) is 6.42 Å². The third-order valence-electron chi connectivity index (χ3n) is 1.30. The molecule has 55 valence electrons. The minimum absolute atomic E-state index is 0.0154. The smallest absolute Gasteiger partial charge is 0.0847 e. The molecule has 1 radical (unpaired) electrons. The standard InChI is InChI=1S/C7H15O2/c1-3-7(5-6-8)9-4-2/h7H,3-6H2,1-2H3. The van der Waals surface area contributed by atoms with Gasteiger partial charge in [-0.15, -0.1) is 0 Å². The predicted molar refractivity (Wildman–Crippen MR) is 35.9 cm³/mol. The van der Waals surface area contributed by atoms with Crippen LogP contribution in [0.4, 0.5) is 0 Å². The van der Waals surface area contributed by atoms with Crippen LogP contribution in [0.5, 0.6) is 0 Å². The van der Waals surface area contributed by atoms with Crippen molar-refractivity contribution in [3.05, 3.63) is 0 Å². The van der Waals surface area contributed by atoms with Gasteiger partial charge in [-0.25, -0.2) is 5.11 Å². The summed E-state index contributed by atoms with van der Waals surface area (Å²) in [7, 11) is 0. The van der Waals surface area contributed by atoms with E-state index in [9.17, 15) is 5.11 Å². The van der Waals surface area contributed by atoms with Crippen molar-refractivity contribution in [2.45, 2.75) is 32.8 Å². The fourth-order valence-corrected chi connectivity index (χ4v) is 0.772. The van der Waals surface area contributed by atoms with Crippen molar-refractivity contribution in [1.82, 2.24) is 0 Å². The first-order valence-corrected chi connectivity index (χ1v) is 3.54. The molecule has 0 rings (SSSR count). The summed E-state index contributed by atoms with van der Waals surface area (Å²) in [6.07, 6.45) is 1.81. The van der Waals surface area contributed by atoms with Gasteiger partial charge in [0.2, 0.25) is 0 Å². The zero-order chi connectivity index (χ0) is 7.11. The fraction of sp³-hybridized carbons (Fsp3) is 1.00. The lowest BCUT2D eigenvalue weighted by Gasteiger charge is -2.11. The molecule has 0 aromatic carbocycles. The maximum Gasteiger partial charge on any atom is 0.0847 e. The Kier molecular flexibility index (Phi) is 5.99. The molecule has 0 aromatic rings. The van der Waals surface area contributed by atoms with Crippen molar-refractivity contribution in [3.8, 4) is 0 Å². The van der Waals surface area contributed by atoms with E-state index in [2.05, 4.69) is 0 Å². The Morgan fingerprint density at radius 3 is 2.44 bits per heavy atom. The molecule has 0 aromatic heterocycles. The van der Waals surface area contributed by atoms with E-state index in [0.717, 1.165) is 13.0 Å². The quantitative estimate of drug-likeness (QED) is 0.557. The topological polar surface area (TPSA) is 29.1 Å². The van der Waals surface area contributed by atoms with Gasteiger partial charge < -0.3 is 4.74 Å². The monoisotopic (exact) mass is 131 g/mol. The van der Waals surface area contributed by atoms with Crippen LogP contribution in [0.15, 0.2) is 0 Å². The van der Waals surface area contributed by atoms with Crippen LogP contribution < -0.4 is 0 Å². The molecule has 0 bridgehead atoms. The second kappa shape index (κ2) is 6.05. The second-order valence-electron chi connectivity index (χ2n) is 1.98. The maximum absolute atomic E-state index is 10.1. The van der Waals surface area contributed by atoms with E-state index in [4.69, 9.17) is 4.74 Å². The first-order valence-electron chi connectivity index (χ1n) is 3.54. The normalized spacial score (nSPS) is 13.7. The molecule has 2 nitrogen and oxygen atoms in total. The molecule has 0 amide bonds. The largest absolute Gasteiger partial charge is 0.378 e. The minimum atomic E-state index is -0.0154. The lowest BCUT2D eigenvalue weighted by molar-refractivity contribution is 0.0318. The summed E-state index contributed by atoms with van der Waals surface area (Å²) in [4.78, 5) is 0. The van der Waals surface area contributed by atoms with Gasteiger partial charge in [0.1, 0.15) is 0 Å². The molecule has 0 aliphatic rings. The summed E-state index contributed by atoms with van der Waals surface area (Å²) in [5, 5.41) is 10.1. The molecule has 0 N–H and O–H groups in total. The van der Waals surface area contributed by atoms with E-state index in [1.54, 1.807) is 0 Å². The third-order valence-corrected chi connectivity index (χ3v) is 1.30. The Balaban J connectivity index is 3.18. The van der Waals surface area contributed by atoms with Crippen LogP contribution in [0.2, 0.25) is 0 Å². The van der Waals surface area contributed by atoms with Gasteiger partial charge in [-0.1, -0.05) is 6.92 Å². The first kappa shape index (κ1) is 8.92. The summed E-state index contributed by atoms with van der Waals surface area (Å²) in [6.45, 7) is 4.69. The van der Waals surface area contributed by atoms with Crippen LogP contribution in [-0.2, 0) is 9.84 Å². The van der Waals surface area contributed by atoms with E-state index < -0.39 is 0 Å². The van der Waals surface area contributed by atoms with Gasteiger partial charge in [0, 0.05) is 13.0 Å². The van der Waals surface area contributed by atoms with Crippen molar-refractivity contribution < 1.29 is 9.84 Å². The minimum Gasteiger partial charge on any atom is -0.378 e. The van der Waals surface area contributed by atoms with Crippen LogP contribution in [0, 0.1) is 0 Å². The molecule has 9 heavy (non-hydrogen) atoms. The number of ether oxygens (including phenoxy) is 1. The first-order chi connectivity index (χ1) is 4.35. The van der Waals surface area contributed by atoms with Crippen LogP contribution in [-0.4, -0.2) is 19.3 Å². The average molecular weight is 131 g/mol. The molecule has 1 unspecified atom stereocenters. The van der Waals surface area contributed by atoms with Gasteiger partial charge in [-0.3, -0.25) is 0 Å². The number of hydrogen-bond acceptors (Lipinski definition) is 1. The zero-order valence-corrected chi connectivity index (χ0v) is 6.22. The molecule has 0 spiro atoms. The molecule has 0 saturated heterocycles. The van der Waals surface area contributed by atoms with Crippen LogP contribution in [0.3, 0.4) is 0 Å².